The molecule has 0 bridgehead atoms. The van der Waals surface area contributed by atoms with Gasteiger partial charge in [-0.3, -0.25) is 9.59 Å². The molecule has 33 heavy (non-hydrogen) atoms. The number of ketones is 1. The molecule has 0 aliphatic carbocycles. The van der Waals surface area contributed by atoms with E-state index < -0.39 is 5.97 Å². The molecule has 0 saturated heterocycles. The number of para-hydroxylation sites is 1. The van der Waals surface area contributed by atoms with E-state index in [1.807, 2.05) is 31.5 Å². The third-order valence-electron chi connectivity index (χ3n) is 5.19. The Bertz CT molecular complexity index is 1170. The quantitative estimate of drug-likeness (QED) is 0.274. The number of Topliss-reactive ketones (excluding diaryl/α,β-unsaturated/α-hetero) is 1. The Kier molecular flexibility index (Phi) is 8.11. The largest absolute Gasteiger partial charge is 0.454 e. The number of hydrogen-bond donors (Lipinski definition) is 1. The summed E-state index contributed by atoms with van der Waals surface area (Å²) in [5, 5.41) is 3.46. The molecule has 9 heteroatoms. The normalized spacial score (nSPS) is 10.8. The van der Waals surface area contributed by atoms with E-state index >= 15 is 0 Å². The topological polar surface area (TPSA) is 95.2 Å². The molecule has 1 aromatic carbocycles. The number of rotatable bonds is 10. The number of imidazole rings is 1. The van der Waals surface area contributed by atoms with Crippen LogP contribution in [0, 0.1) is 13.8 Å². The predicted octanol–water partition coefficient (Wildman–Crippen LogP) is 4.02. The van der Waals surface area contributed by atoms with Crippen LogP contribution in [0.3, 0.4) is 0 Å². The van der Waals surface area contributed by atoms with Gasteiger partial charge in [0.05, 0.1) is 17.0 Å². The van der Waals surface area contributed by atoms with Crippen LogP contribution < -0.4 is 5.32 Å². The summed E-state index contributed by atoms with van der Waals surface area (Å²) in [4.78, 5) is 41.9. The predicted molar refractivity (Wildman–Crippen MR) is 128 cm³/mol. The molecule has 0 spiro atoms. The molecule has 3 rings (SSSR count). The first-order valence-corrected chi connectivity index (χ1v) is 11.7. The molecular formula is C24H28N4O4S. The maximum Gasteiger partial charge on any atom is 0.340 e. The zero-order chi connectivity index (χ0) is 24.0. The molecule has 3 aromatic rings. The second-order valence-corrected chi connectivity index (χ2v) is 8.58. The standard InChI is InChI=1S/C24H28N4O4S/c1-5-11-28-16(2)13-19(17(28)3)21(29)14-32-23(31)18-8-6-7-9-20(18)26-22(30)15-33-24-25-10-12-27(24)4/h6-10,12-13H,5,11,14-15H2,1-4H3,(H,26,30). The molecule has 8 nitrogen and oxygen atoms in total. The zero-order valence-electron chi connectivity index (χ0n) is 19.3. The molecule has 0 fully saturated rings. The first kappa shape index (κ1) is 24.3. The highest BCUT2D eigenvalue weighted by molar-refractivity contribution is 7.99. The number of anilines is 1. The van der Waals surface area contributed by atoms with Crippen LogP contribution in [0.5, 0.6) is 0 Å². The number of amides is 1. The van der Waals surface area contributed by atoms with Crippen LogP contribution in [0.2, 0.25) is 0 Å². The van der Waals surface area contributed by atoms with Crippen LogP contribution in [-0.4, -0.2) is 44.1 Å². The van der Waals surface area contributed by atoms with Crippen molar-refractivity contribution in [3.8, 4) is 0 Å². The van der Waals surface area contributed by atoms with Crippen molar-refractivity contribution >= 4 is 35.1 Å². The van der Waals surface area contributed by atoms with E-state index in [0.717, 1.165) is 29.5 Å². The number of benzene rings is 1. The number of thioether (sulfide) groups is 1. The Morgan fingerprint density at radius 1 is 1.15 bits per heavy atom. The Balaban J connectivity index is 1.61. The molecule has 0 atom stereocenters. The van der Waals surface area contributed by atoms with E-state index in [0.29, 0.717) is 11.3 Å². The fourth-order valence-electron chi connectivity index (χ4n) is 3.52. The Hall–Kier alpha value is -3.33. The molecule has 0 unspecified atom stereocenters. The van der Waals surface area contributed by atoms with Gasteiger partial charge in [0.2, 0.25) is 11.7 Å². The summed E-state index contributed by atoms with van der Waals surface area (Å²) in [6.07, 6.45) is 4.42. The highest BCUT2D eigenvalue weighted by Crippen LogP contribution is 2.20. The third kappa shape index (κ3) is 5.92. The average Bonchev–Trinajstić information content (AvgIpc) is 3.33. The van der Waals surface area contributed by atoms with Crippen molar-refractivity contribution in [2.75, 3.05) is 17.7 Å². The lowest BCUT2D eigenvalue weighted by Gasteiger charge is -2.11. The van der Waals surface area contributed by atoms with Gasteiger partial charge in [-0.25, -0.2) is 9.78 Å². The van der Waals surface area contributed by atoms with Crippen molar-refractivity contribution in [3.63, 3.8) is 0 Å². The maximum atomic E-state index is 12.7. The van der Waals surface area contributed by atoms with Gasteiger partial charge < -0.3 is 19.2 Å². The number of ether oxygens (including phenoxy) is 1. The Labute approximate surface area is 197 Å². The number of hydrogen-bond acceptors (Lipinski definition) is 6. The van der Waals surface area contributed by atoms with E-state index in [4.69, 9.17) is 4.74 Å². The van der Waals surface area contributed by atoms with Crippen LogP contribution >= 0.6 is 11.8 Å². The van der Waals surface area contributed by atoms with E-state index in [2.05, 4.69) is 21.8 Å². The van der Waals surface area contributed by atoms with Gasteiger partial charge in [0, 0.05) is 42.9 Å². The number of aryl methyl sites for hydroxylation is 2. The van der Waals surface area contributed by atoms with E-state index in [-0.39, 0.29) is 29.6 Å². The van der Waals surface area contributed by atoms with E-state index in [1.165, 1.54) is 11.8 Å². The van der Waals surface area contributed by atoms with Crippen molar-refractivity contribution in [3.05, 3.63) is 65.2 Å². The molecule has 0 radical (unpaired) electrons. The average molecular weight is 469 g/mol. The summed E-state index contributed by atoms with van der Waals surface area (Å²) in [5.41, 5.74) is 2.95. The summed E-state index contributed by atoms with van der Waals surface area (Å²) in [6.45, 7) is 6.39. The Morgan fingerprint density at radius 2 is 1.91 bits per heavy atom. The molecule has 2 aromatic heterocycles. The number of carbonyl (C=O) groups is 3. The van der Waals surface area contributed by atoms with Gasteiger partial charge >= 0.3 is 5.97 Å². The molecule has 1 amide bonds. The van der Waals surface area contributed by atoms with E-state index in [9.17, 15) is 14.4 Å². The first-order chi connectivity index (χ1) is 15.8. The maximum absolute atomic E-state index is 12.7. The number of nitrogens with one attached hydrogen (secondary N) is 1. The summed E-state index contributed by atoms with van der Waals surface area (Å²) in [5.74, 6) is -1.06. The molecule has 174 valence electrons. The lowest BCUT2D eigenvalue weighted by molar-refractivity contribution is -0.113. The van der Waals surface area contributed by atoms with Gasteiger partial charge in [-0.05, 0) is 38.5 Å². The van der Waals surface area contributed by atoms with Crippen molar-refractivity contribution in [2.24, 2.45) is 7.05 Å². The lowest BCUT2D eigenvalue weighted by Crippen LogP contribution is -2.19. The smallest absolute Gasteiger partial charge is 0.340 e. The summed E-state index contributed by atoms with van der Waals surface area (Å²) in [6, 6.07) is 8.40. The fraction of sp³-hybridized carbons (Fsp3) is 0.333. The minimum atomic E-state index is -0.668. The highest BCUT2D eigenvalue weighted by Gasteiger charge is 2.19. The van der Waals surface area contributed by atoms with Gasteiger partial charge in [0.1, 0.15) is 0 Å². The van der Waals surface area contributed by atoms with Gasteiger partial charge in [-0.2, -0.15) is 0 Å². The molecular weight excluding hydrogens is 440 g/mol. The molecule has 0 saturated carbocycles. The molecule has 2 heterocycles. The number of aromatic nitrogens is 3. The van der Waals surface area contributed by atoms with Crippen LogP contribution in [0.15, 0.2) is 47.9 Å². The van der Waals surface area contributed by atoms with Crippen molar-refractivity contribution in [1.82, 2.24) is 14.1 Å². The van der Waals surface area contributed by atoms with Gasteiger partial charge in [0.25, 0.3) is 0 Å². The summed E-state index contributed by atoms with van der Waals surface area (Å²) >= 11 is 1.29. The second kappa shape index (κ2) is 11.0. The Morgan fingerprint density at radius 3 is 2.61 bits per heavy atom. The van der Waals surface area contributed by atoms with Crippen molar-refractivity contribution in [2.45, 2.75) is 38.9 Å². The van der Waals surface area contributed by atoms with Crippen LogP contribution in [-0.2, 0) is 23.1 Å². The van der Waals surface area contributed by atoms with Gasteiger partial charge in [-0.15, -0.1) is 0 Å². The minimum absolute atomic E-state index is 0.139. The first-order valence-electron chi connectivity index (χ1n) is 10.7. The van der Waals surface area contributed by atoms with Crippen molar-refractivity contribution in [1.29, 1.82) is 0 Å². The molecule has 1 N–H and O–H groups in total. The van der Waals surface area contributed by atoms with Gasteiger partial charge in [0.15, 0.2) is 11.8 Å². The second-order valence-electron chi connectivity index (χ2n) is 7.64. The van der Waals surface area contributed by atoms with Gasteiger partial charge in [-0.1, -0.05) is 30.8 Å². The molecule has 0 aliphatic heterocycles. The van der Waals surface area contributed by atoms with Crippen LogP contribution in [0.25, 0.3) is 0 Å². The zero-order valence-corrected chi connectivity index (χ0v) is 20.1. The fourth-order valence-corrected chi connectivity index (χ4v) is 4.25. The SMILES string of the molecule is CCCn1c(C)cc(C(=O)COC(=O)c2ccccc2NC(=O)CSc2nccn2C)c1C. The number of carbonyl (C=O) groups excluding carboxylic acids is 3. The third-order valence-corrected chi connectivity index (χ3v) is 6.24. The number of nitrogens with zero attached hydrogens (tertiary/aromatic N) is 3. The van der Waals surface area contributed by atoms with Crippen LogP contribution in [0.1, 0.15) is 45.4 Å². The monoisotopic (exact) mass is 468 g/mol. The van der Waals surface area contributed by atoms with E-state index in [1.54, 1.807) is 36.7 Å². The van der Waals surface area contributed by atoms with Crippen LogP contribution in [0.4, 0.5) is 5.69 Å². The minimum Gasteiger partial charge on any atom is -0.454 e. The summed E-state index contributed by atoms with van der Waals surface area (Å²) < 4.78 is 9.20. The summed E-state index contributed by atoms with van der Waals surface area (Å²) in [7, 11) is 1.85. The highest BCUT2D eigenvalue weighted by atomic mass is 32.2. The van der Waals surface area contributed by atoms with Crippen molar-refractivity contribution < 1.29 is 19.1 Å². The lowest BCUT2D eigenvalue weighted by atomic mass is 10.1. The molecule has 0 aliphatic rings. The number of esters is 1.